The fourth-order valence-electron chi connectivity index (χ4n) is 2.23. The molecule has 1 aliphatic rings. The molecule has 1 N–H and O–H groups in total. The summed E-state index contributed by atoms with van der Waals surface area (Å²) < 4.78 is 44.0. The first-order valence-electron chi connectivity index (χ1n) is 6.92. The highest BCUT2D eigenvalue weighted by molar-refractivity contribution is 7.89. The van der Waals surface area contributed by atoms with Crippen LogP contribution in [0.2, 0.25) is 0 Å². The molecule has 122 valence electrons. The Morgan fingerprint density at radius 1 is 1.36 bits per heavy atom. The molecular formula is C14H18FNO5S. The normalized spacial score (nSPS) is 20.0. The summed E-state index contributed by atoms with van der Waals surface area (Å²) in [6.45, 7) is -0.357. The van der Waals surface area contributed by atoms with Crippen molar-refractivity contribution >= 4 is 16.0 Å². The molecular weight excluding hydrogens is 313 g/mol. The van der Waals surface area contributed by atoms with E-state index in [9.17, 15) is 17.6 Å². The van der Waals surface area contributed by atoms with Crippen molar-refractivity contribution in [1.29, 1.82) is 0 Å². The average molecular weight is 331 g/mol. The highest BCUT2D eigenvalue weighted by atomic mass is 32.2. The molecule has 1 aliphatic heterocycles. The number of carbonyl (C=O) groups is 1. The zero-order chi connectivity index (χ0) is 16.2. The molecule has 2 rings (SSSR count). The Bertz CT molecular complexity index is 617. The second-order valence-corrected chi connectivity index (χ2v) is 6.99. The number of aryl methyl sites for hydroxylation is 1. The Morgan fingerprint density at radius 2 is 2.05 bits per heavy atom. The summed E-state index contributed by atoms with van der Waals surface area (Å²) in [5, 5.41) is 8.63. The van der Waals surface area contributed by atoms with Gasteiger partial charge in [0.05, 0.1) is 17.6 Å². The van der Waals surface area contributed by atoms with Crippen molar-refractivity contribution in [3.8, 4) is 0 Å². The summed E-state index contributed by atoms with van der Waals surface area (Å²) in [6.07, 6.45) is -0.386. The van der Waals surface area contributed by atoms with Crippen LogP contribution in [0.5, 0.6) is 0 Å². The van der Waals surface area contributed by atoms with Gasteiger partial charge < -0.3 is 9.84 Å². The second-order valence-electron chi connectivity index (χ2n) is 5.05. The molecule has 1 heterocycles. The van der Waals surface area contributed by atoms with Gasteiger partial charge in [-0.2, -0.15) is 4.31 Å². The maximum atomic E-state index is 12.7. The number of carboxylic acids is 1. The van der Waals surface area contributed by atoms with E-state index in [4.69, 9.17) is 9.84 Å². The minimum absolute atomic E-state index is 0.000398. The Hall–Kier alpha value is -1.51. The van der Waals surface area contributed by atoms with Gasteiger partial charge in [-0.05, 0) is 24.1 Å². The number of rotatable bonds is 6. The molecule has 1 fully saturated rings. The number of ether oxygens (including phenoxy) is 1. The van der Waals surface area contributed by atoms with Gasteiger partial charge in [-0.1, -0.05) is 12.1 Å². The number of hydrogen-bond donors (Lipinski definition) is 1. The number of benzene rings is 1. The van der Waals surface area contributed by atoms with Gasteiger partial charge >= 0.3 is 5.97 Å². The number of sulfonamides is 1. The Kier molecular flexibility index (Phi) is 5.49. The number of carboxylic acid groups (broad SMARTS) is 1. The molecule has 8 heteroatoms. The summed E-state index contributed by atoms with van der Waals surface area (Å²) in [4.78, 5) is 10.6. The Balaban J connectivity index is 2.10. The van der Waals surface area contributed by atoms with Crippen molar-refractivity contribution in [2.24, 2.45) is 0 Å². The van der Waals surface area contributed by atoms with Crippen molar-refractivity contribution in [3.05, 3.63) is 29.8 Å². The lowest BCUT2D eigenvalue weighted by atomic mass is 10.1. The molecule has 0 aromatic heterocycles. The Labute approximate surface area is 128 Å². The van der Waals surface area contributed by atoms with E-state index in [2.05, 4.69) is 0 Å². The van der Waals surface area contributed by atoms with Gasteiger partial charge in [0.1, 0.15) is 6.67 Å². The molecule has 1 aromatic carbocycles. The fourth-order valence-corrected chi connectivity index (χ4v) is 3.69. The van der Waals surface area contributed by atoms with Gasteiger partial charge in [0.15, 0.2) is 0 Å². The molecule has 0 aliphatic carbocycles. The van der Waals surface area contributed by atoms with Gasteiger partial charge in [0.25, 0.3) is 0 Å². The van der Waals surface area contributed by atoms with E-state index in [-0.39, 0.29) is 31.0 Å². The molecule has 0 amide bonds. The third-order valence-corrected chi connectivity index (χ3v) is 5.34. The highest BCUT2D eigenvalue weighted by Gasteiger charge is 2.30. The van der Waals surface area contributed by atoms with E-state index in [0.717, 1.165) is 5.56 Å². The first kappa shape index (κ1) is 16.9. The quantitative estimate of drug-likeness (QED) is 0.843. The fraction of sp³-hybridized carbons (Fsp3) is 0.500. The van der Waals surface area contributed by atoms with Crippen molar-refractivity contribution < 1.29 is 27.4 Å². The van der Waals surface area contributed by atoms with Crippen molar-refractivity contribution in [2.45, 2.75) is 23.8 Å². The molecule has 0 spiro atoms. The predicted molar refractivity (Wildman–Crippen MR) is 76.9 cm³/mol. The molecule has 6 nitrogen and oxygen atoms in total. The van der Waals surface area contributed by atoms with Crippen LogP contribution in [0, 0.1) is 0 Å². The number of alkyl halides is 1. The third-order valence-electron chi connectivity index (χ3n) is 3.46. The topological polar surface area (TPSA) is 83.9 Å². The molecule has 0 radical (unpaired) electrons. The zero-order valence-electron chi connectivity index (χ0n) is 11.9. The second kappa shape index (κ2) is 7.17. The van der Waals surface area contributed by atoms with Crippen LogP contribution in [-0.2, 0) is 26.0 Å². The van der Waals surface area contributed by atoms with Crippen LogP contribution < -0.4 is 0 Å². The van der Waals surface area contributed by atoms with E-state index in [1.54, 1.807) is 12.1 Å². The Morgan fingerprint density at radius 3 is 2.64 bits per heavy atom. The standard InChI is InChI=1S/C14H18FNO5S/c15-9-12-10-16(7-8-21-12)22(19,20)13-4-1-11(2-5-13)3-6-14(17)18/h1-2,4-5,12H,3,6-10H2,(H,17,18). The molecule has 1 unspecified atom stereocenters. The maximum absolute atomic E-state index is 12.7. The first-order valence-corrected chi connectivity index (χ1v) is 8.36. The first-order chi connectivity index (χ1) is 10.4. The van der Waals surface area contributed by atoms with E-state index in [1.807, 2.05) is 0 Å². The van der Waals surface area contributed by atoms with Crippen LogP contribution in [0.25, 0.3) is 0 Å². The molecule has 1 atom stereocenters. The summed E-state index contributed by atoms with van der Waals surface area (Å²) in [5.41, 5.74) is 0.755. The van der Waals surface area contributed by atoms with Crippen LogP contribution in [0.15, 0.2) is 29.2 Å². The largest absolute Gasteiger partial charge is 0.481 e. The third kappa shape index (κ3) is 4.02. The lowest BCUT2D eigenvalue weighted by molar-refractivity contribution is -0.136. The maximum Gasteiger partial charge on any atom is 0.303 e. The number of hydrogen-bond acceptors (Lipinski definition) is 4. The van der Waals surface area contributed by atoms with Crippen LogP contribution in [0.1, 0.15) is 12.0 Å². The lowest BCUT2D eigenvalue weighted by Gasteiger charge is -2.30. The molecule has 22 heavy (non-hydrogen) atoms. The molecule has 0 bridgehead atoms. The van der Waals surface area contributed by atoms with Crippen LogP contribution >= 0.6 is 0 Å². The molecule has 1 aromatic rings. The minimum atomic E-state index is -3.68. The highest BCUT2D eigenvalue weighted by Crippen LogP contribution is 2.20. The lowest BCUT2D eigenvalue weighted by Crippen LogP contribution is -2.46. The van der Waals surface area contributed by atoms with Crippen LogP contribution in [0.4, 0.5) is 4.39 Å². The van der Waals surface area contributed by atoms with E-state index >= 15 is 0 Å². The van der Waals surface area contributed by atoms with E-state index < -0.39 is 28.8 Å². The number of morpholine rings is 1. The number of nitrogens with zero attached hydrogens (tertiary/aromatic N) is 1. The summed E-state index contributed by atoms with van der Waals surface area (Å²) >= 11 is 0. The van der Waals surface area contributed by atoms with Gasteiger partial charge in [-0.15, -0.1) is 0 Å². The SMILES string of the molecule is O=C(O)CCc1ccc(S(=O)(=O)N2CCOC(CF)C2)cc1. The van der Waals surface area contributed by atoms with Gasteiger partial charge in [-0.25, -0.2) is 12.8 Å². The summed E-state index contributed by atoms with van der Waals surface area (Å²) in [5.74, 6) is -0.901. The predicted octanol–water partition coefficient (Wildman–Crippen LogP) is 1.06. The summed E-state index contributed by atoms with van der Waals surface area (Å²) in [6, 6.07) is 6.10. The van der Waals surface area contributed by atoms with Gasteiger partial charge in [0.2, 0.25) is 10.0 Å². The summed E-state index contributed by atoms with van der Waals surface area (Å²) in [7, 11) is -3.68. The van der Waals surface area contributed by atoms with Crippen LogP contribution in [-0.4, -0.2) is 56.3 Å². The van der Waals surface area contributed by atoms with Crippen LogP contribution in [0.3, 0.4) is 0 Å². The molecule has 1 saturated heterocycles. The van der Waals surface area contributed by atoms with Crippen molar-refractivity contribution in [1.82, 2.24) is 4.31 Å². The zero-order valence-corrected chi connectivity index (χ0v) is 12.8. The average Bonchev–Trinajstić information content (AvgIpc) is 2.53. The number of halogens is 1. The van der Waals surface area contributed by atoms with E-state index in [1.165, 1.54) is 16.4 Å². The minimum Gasteiger partial charge on any atom is -0.481 e. The van der Waals surface area contributed by atoms with Crippen molar-refractivity contribution in [3.63, 3.8) is 0 Å². The van der Waals surface area contributed by atoms with E-state index in [0.29, 0.717) is 6.42 Å². The van der Waals surface area contributed by atoms with Gasteiger partial charge in [-0.3, -0.25) is 4.79 Å². The smallest absolute Gasteiger partial charge is 0.303 e. The monoisotopic (exact) mass is 331 g/mol. The van der Waals surface area contributed by atoms with Crippen molar-refractivity contribution in [2.75, 3.05) is 26.4 Å². The molecule has 0 saturated carbocycles. The van der Waals surface area contributed by atoms with Gasteiger partial charge in [0, 0.05) is 19.5 Å². The number of aliphatic carboxylic acids is 1.